The molecule has 8 heteroatoms. The average Bonchev–Trinajstić information content (AvgIpc) is 3.19. The topological polar surface area (TPSA) is 78.9 Å². The number of fused-ring (bicyclic) bond motifs is 3. The van der Waals surface area contributed by atoms with Gasteiger partial charge in [-0.2, -0.15) is 0 Å². The fourth-order valence-corrected chi connectivity index (χ4v) is 5.16. The molecule has 1 aliphatic heterocycles. The summed E-state index contributed by atoms with van der Waals surface area (Å²) in [5.74, 6) is -1.44. The quantitative estimate of drug-likeness (QED) is 0.476. The van der Waals surface area contributed by atoms with E-state index in [2.05, 4.69) is 22.3 Å². The van der Waals surface area contributed by atoms with Gasteiger partial charge in [-0.15, -0.1) is 12.4 Å². The molecule has 1 saturated heterocycles. The van der Waals surface area contributed by atoms with E-state index in [0.29, 0.717) is 19.6 Å². The number of ether oxygens (including phenoxy) is 1. The van der Waals surface area contributed by atoms with Crippen LogP contribution < -0.4 is 5.32 Å². The summed E-state index contributed by atoms with van der Waals surface area (Å²) in [6.07, 6.45) is -0.206. The van der Waals surface area contributed by atoms with Crippen molar-refractivity contribution < 1.29 is 23.8 Å². The van der Waals surface area contributed by atoms with Crippen molar-refractivity contribution in [2.75, 3.05) is 19.7 Å². The first kappa shape index (κ1) is 25.7. The number of amides is 1. The van der Waals surface area contributed by atoms with Crippen LogP contribution in [0.5, 0.6) is 0 Å². The van der Waals surface area contributed by atoms with Crippen LogP contribution in [0.2, 0.25) is 0 Å². The van der Waals surface area contributed by atoms with Gasteiger partial charge in [0.25, 0.3) is 0 Å². The molecule has 1 amide bonds. The molecule has 1 heterocycles. The van der Waals surface area contributed by atoms with Crippen LogP contribution in [0.15, 0.2) is 72.8 Å². The Morgan fingerprint density at radius 3 is 2.06 bits per heavy atom. The molecule has 5 rings (SSSR count). The van der Waals surface area contributed by atoms with E-state index in [0.717, 1.165) is 27.8 Å². The molecule has 36 heavy (non-hydrogen) atoms. The van der Waals surface area contributed by atoms with Gasteiger partial charge < -0.3 is 15.2 Å². The highest BCUT2D eigenvalue weighted by Gasteiger charge is 2.43. The summed E-state index contributed by atoms with van der Waals surface area (Å²) in [5.41, 5.74) is 4.05. The van der Waals surface area contributed by atoms with Crippen LogP contribution in [0.4, 0.5) is 9.18 Å². The molecule has 3 aromatic carbocycles. The summed E-state index contributed by atoms with van der Waals surface area (Å²) < 4.78 is 18.7. The van der Waals surface area contributed by atoms with Crippen molar-refractivity contribution in [3.05, 3.63) is 95.3 Å². The van der Waals surface area contributed by atoms with Gasteiger partial charge in [0.1, 0.15) is 18.0 Å². The molecule has 0 aromatic heterocycles. The number of halogens is 2. The minimum absolute atomic E-state index is 0. The molecule has 6 nitrogen and oxygen atoms in total. The summed E-state index contributed by atoms with van der Waals surface area (Å²) in [6.45, 7) is 1.72. The van der Waals surface area contributed by atoms with Crippen molar-refractivity contribution in [1.29, 1.82) is 0 Å². The number of nitrogens with one attached hydrogen (secondary N) is 1. The third kappa shape index (κ3) is 5.08. The number of carboxylic acid groups (broad SMARTS) is 1. The molecule has 0 radical (unpaired) electrons. The maximum absolute atomic E-state index is 13.2. The molecule has 1 aliphatic carbocycles. The van der Waals surface area contributed by atoms with Crippen molar-refractivity contribution in [1.82, 2.24) is 10.2 Å². The molecule has 0 saturated carbocycles. The van der Waals surface area contributed by atoms with Gasteiger partial charge in [-0.05, 0) is 52.8 Å². The van der Waals surface area contributed by atoms with Crippen LogP contribution in [0.3, 0.4) is 0 Å². The van der Waals surface area contributed by atoms with Gasteiger partial charge in [0.2, 0.25) is 0 Å². The maximum Gasteiger partial charge on any atom is 0.408 e. The Morgan fingerprint density at radius 1 is 0.944 bits per heavy atom. The lowest BCUT2D eigenvalue weighted by molar-refractivity contribution is -0.147. The second-order valence-electron chi connectivity index (χ2n) is 9.24. The number of hydrogen-bond donors (Lipinski definition) is 2. The van der Waals surface area contributed by atoms with Crippen LogP contribution in [0.25, 0.3) is 11.1 Å². The molecule has 1 fully saturated rings. The van der Waals surface area contributed by atoms with E-state index < -0.39 is 17.6 Å². The van der Waals surface area contributed by atoms with E-state index in [-0.39, 0.29) is 43.6 Å². The zero-order chi connectivity index (χ0) is 24.4. The number of benzene rings is 3. The smallest absolute Gasteiger partial charge is 0.408 e. The number of carboxylic acids is 1. The minimum atomic E-state index is -1.37. The lowest BCUT2D eigenvalue weighted by Crippen LogP contribution is -2.60. The van der Waals surface area contributed by atoms with Crippen molar-refractivity contribution in [2.45, 2.75) is 30.8 Å². The van der Waals surface area contributed by atoms with E-state index in [4.69, 9.17) is 4.74 Å². The molecule has 0 atom stereocenters. The number of rotatable bonds is 6. The van der Waals surface area contributed by atoms with Gasteiger partial charge in [-0.1, -0.05) is 60.7 Å². The predicted molar refractivity (Wildman–Crippen MR) is 137 cm³/mol. The molecular weight excluding hydrogens is 483 g/mol. The minimum Gasteiger partial charge on any atom is -0.480 e. The van der Waals surface area contributed by atoms with Gasteiger partial charge in [-0.25, -0.2) is 14.0 Å². The van der Waals surface area contributed by atoms with E-state index >= 15 is 0 Å². The highest BCUT2D eigenvalue weighted by Crippen LogP contribution is 2.44. The van der Waals surface area contributed by atoms with E-state index in [9.17, 15) is 19.1 Å². The number of hydrogen-bond acceptors (Lipinski definition) is 4. The SMILES string of the molecule is Cl.O=C(NC1(C(=O)O)CCN(Cc2ccc(F)cc2)CC1)OCC1c2ccccc2-c2ccccc21. The number of carbonyl (C=O) groups excluding carboxylic acids is 1. The zero-order valence-corrected chi connectivity index (χ0v) is 20.5. The molecule has 3 aromatic rings. The number of alkyl carbamates (subject to hydrolysis) is 1. The van der Waals surface area contributed by atoms with Gasteiger partial charge in [0.15, 0.2) is 0 Å². The molecular formula is C28H28ClFN2O4. The number of piperidine rings is 1. The first-order valence-electron chi connectivity index (χ1n) is 11.8. The number of aliphatic carboxylic acids is 1. The van der Waals surface area contributed by atoms with Gasteiger partial charge in [0, 0.05) is 25.6 Å². The summed E-state index contributed by atoms with van der Waals surface area (Å²) in [4.78, 5) is 27.0. The Labute approximate surface area is 215 Å². The third-order valence-electron chi connectivity index (χ3n) is 7.12. The molecule has 0 spiro atoms. The molecule has 2 N–H and O–H groups in total. The van der Waals surface area contributed by atoms with Crippen LogP contribution in [-0.2, 0) is 16.1 Å². The second kappa shape index (κ2) is 10.7. The van der Waals surface area contributed by atoms with E-state index in [1.54, 1.807) is 12.1 Å². The lowest BCUT2D eigenvalue weighted by atomic mass is 9.87. The maximum atomic E-state index is 13.2. The highest BCUT2D eigenvalue weighted by molar-refractivity contribution is 5.85. The van der Waals surface area contributed by atoms with Crippen molar-refractivity contribution in [2.24, 2.45) is 0 Å². The number of likely N-dealkylation sites (tertiary alicyclic amines) is 1. The lowest BCUT2D eigenvalue weighted by Gasteiger charge is -2.39. The second-order valence-corrected chi connectivity index (χ2v) is 9.24. The van der Waals surface area contributed by atoms with Gasteiger partial charge in [-0.3, -0.25) is 4.90 Å². The van der Waals surface area contributed by atoms with Crippen LogP contribution in [0, 0.1) is 5.82 Å². The van der Waals surface area contributed by atoms with Crippen molar-refractivity contribution >= 4 is 24.5 Å². The van der Waals surface area contributed by atoms with Crippen molar-refractivity contribution in [3.63, 3.8) is 0 Å². The number of carbonyl (C=O) groups is 2. The van der Waals surface area contributed by atoms with Crippen molar-refractivity contribution in [3.8, 4) is 11.1 Å². The Kier molecular flexibility index (Phi) is 7.62. The highest BCUT2D eigenvalue weighted by atomic mass is 35.5. The summed E-state index contributed by atoms with van der Waals surface area (Å²) >= 11 is 0. The third-order valence-corrected chi connectivity index (χ3v) is 7.12. The van der Waals surface area contributed by atoms with E-state index in [1.165, 1.54) is 12.1 Å². The Bertz CT molecular complexity index is 1200. The Morgan fingerprint density at radius 2 is 1.50 bits per heavy atom. The fraction of sp³-hybridized carbons (Fsp3) is 0.286. The summed E-state index contributed by atoms with van der Waals surface area (Å²) in [6, 6.07) is 22.4. The van der Waals surface area contributed by atoms with Gasteiger partial charge >= 0.3 is 12.1 Å². The zero-order valence-electron chi connectivity index (χ0n) is 19.7. The normalized spacial score (nSPS) is 16.4. The van der Waals surface area contributed by atoms with Gasteiger partial charge in [0.05, 0.1) is 0 Å². The first-order chi connectivity index (χ1) is 16.9. The Hall–Kier alpha value is -3.42. The monoisotopic (exact) mass is 510 g/mol. The van der Waals surface area contributed by atoms with Crippen LogP contribution in [0.1, 0.15) is 35.4 Å². The summed E-state index contributed by atoms with van der Waals surface area (Å²) in [7, 11) is 0. The Balaban J connectivity index is 0.00000304. The number of nitrogens with zero attached hydrogens (tertiary/aromatic N) is 1. The predicted octanol–water partition coefficient (Wildman–Crippen LogP) is 5.21. The summed E-state index contributed by atoms with van der Waals surface area (Å²) in [5, 5.41) is 12.6. The van der Waals surface area contributed by atoms with Crippen LogP contribution in [-0.4, -0.2) is 47.3 Å². The molecule has 0 bridgehead atoms. The van der Waals surface area contributed by atoms with E-state index in [1.807, 2.05) is 36.4 Å². The largest absolute Gasteiger partial charge is 0.480 e. The average molecular weight is 511 g/mol. The first-order valence-corrected chi connectivity index (χ1v) is 11.8. The standard InChI is InChI=1S/C28H27FN2O4.ClH/c29-20-11-9-19(10-12-20)17-31-15-13-28(14-16-31,26(32)33)30-27(34)35-18-25-23-7-3-1-5-21(23)22-6-2-4-8-24(22)25;/h1-12,25H,13-18H2,(H,30,34)(H,32,33);1H. The van der Waals surface area contributed by atoms with Crippen LogP contribution >= 0.6 is 12.4 Å². The molecule has 2 aliphatic rings. The molecule has 0 unspecified atom stereocenters. The fourth-order valence-electron chi connectivity index (χ4n) is 5.16. The molecule has 188 valence electrons.